The molecule has 3 amide bonds. The Kier molecular flexibility index (Phi) is 6.36. The fourth-order valence-electron chi connectivity index (χ4n) is 5.60. The van der Waals surface area contributed by atoms with E-state index < -0.39 is 52.1 Å². The minimum atomic E-state index is -1.36. The number of amides is 3. The number of carbonyl (C=O) groups excluding carboxylic acids is 4. The van der Waals surface area contributed by atoms with Gasteiger partial charge >= 0.3 is 0 Å². The monoisotopic (exact) mass is 525 g/mol. The number of benzene rings is 2. The molecule has 37 heavy (non-hydrogen) atoms. The van der Waals surface area contributed by atoms with E-state index in [-0.39, 0.29) is 41.0 Å². The first-order chi connectivity index (χ1) is 17.7. The number of fused-ring (bicyclic) bond motifs is 5. The highest BCUT2D eigenvalue weighted by atomic mass is 35.5. The van der Waals surface area contributed by atoms with Gasteiger partial charge in [-0.1, -0.05) is 12.2 Å². The van der Waals surface area contributed by atoms with Crippen molar-refractivity contribution in [2.75, 3.05) is 5.88 Å². The maximum atomic E-state index is 13.8. The molecule has 11 heteroatoms. The number of nitrogens with zero attached hydrogens (tertiary/aromatic N) is 3. The molecule has 5 atom stereocenters. The number of rotatable bonds is 8. The summed E-state index contributed by atoms with van der Waals surface area (Å²) in [5.41, 5.74) is -0.247. The van der Waals surface area contributed by atoms with Crippen molar-refractivity contribution in [3.05, 3.63) is 87.7 Å². The van der Waals surface area contributed by atoms with Gasteiger partial charge in [-0.2, -0.15) is 5.01 Å². The summed E-state index contributed by atoms with van der Waals surface area (Å²) in [6.07, 6.45) is 4.39. The molecule has 0 N–H and O–H groups in total. The van der Waals surface area contributed by atoms with E-state index in [2.05, 4.69) is 0 Å². The number of imide groups is 1. The van der Waals surface area contributed by atoms with E-state index in [1.807, 2.05) is 12.2 Å². The molecule has 2 aromatic carbocycles. The largest absolute Gasteiger partial charge is 0.292 e. The summed E-state index contributed by atoms with van der Waals surface area (Å²) in [5.74, 6) is -4.82. The Morgan fingerprint density at radius 3 is 2.05 bits per heavy atom. The third-order valence-corrected chi connectivity index (χ3v) is 7.52. The predicted molar refractivity (Wildman–Crippen MR) is 129 cm³/mol. The Hall–Kier alpha value is -3.92. The molecule has 2 aliphatic carbocycles. The number of hydrogen-bond donors (Lipinski definition) is 0. The predicted octanol–water partition coefficient (Wildman–Crippen LogP) is 3.78. The van der Waals surface area contributed by atoms with E-state index >= 15 is 0 Å². The maximum absolute atomic E-state index is 13.8. The van der Waals surface area contributed by atoms with Crippen LogP contribution in [0.4, 0.5) is 10.1 Å². The number of nitro benzene ring substituents is 1. The van der Waals surface area contributed by atoms with Gasteiger partial charge in [0.15, 0.2) is 5.78 Å². The van der Waals surface area contributed by atoms with Gasteiger partial charge in [0.1, 0.15) is 11.9 Å². The third-order valence-electron chi connectivity index (χ3n) is 7.30. The van der Waals surface area contributed by atoms with Crippen LogP contribution in [0.5, 0.6) is 0 Å². The van der Waals surface area contributed by atoms with Crippen molar-refractivity contribution in [3.8, 4) is 0 Å². The molecule has 0 spiro atoms. The van der Waals surface area contributed by atoms with Gasteiger partial charge in [0, 0.05) is 29.1 Å². The Morgan fingerprint density at radius 1 is 1.00 bits per heavy atom. The zero-order valence-corrected chi connectivity index (χ0v) is 20.1. The van der Waals surface area contributed by atoms with Crippen molar-refractivity contribution >= 4 is 40.8 Å². The molecule has 0 aromatic heterocycles. The zero-order valence-electron chi connectivity index (χ0n) is 19.3. The Bertz CT molecular complexity index is 1300. The van der Waals surface area contributed by atoms with Gasteiger partial charge in [0.25, 0.3) is 23.4 Å². The first kappa shape index (κ1) is 24.8. The van der Waals surface area contributed by atoms with E-state index in [4.69, 9.17) is 11.6 Å². The van der Waals surface area contributed by atoms with Gasteiger partial charge in [-0.25, -0.2) is 9.40 Å². The summed E-state index contributed by atoms with van der Waals surface area (Å²) in [6.45, 7) is 0. The number of ketones is 1. The summed E-state index contributed by atoms with van der Waals surface area (Å²) in [5, 5.41) is 12.7. The summed E-state index contributed by atoms with van der Waals surface area (Å²) in [7, 11) is 0. The standard InChI is InChI=1S/C26H21ClFN3O6/c27-12-11-20(23(32)14-3-7-18(28)8-4-14)29(24(33)15-5-9-19(10-6-15)31(36)37)30-25(34)21-16-1-2-17(13-16)22(21)26(30)35/h1-10,16-17,20-22H,11-13H2/t16-,17-,20-,21-,22+/m0/s1. The lowest BCUT2D eigenvalue weighted by Gasteiger charge is -2.36. The second-order valence-corrected chi connectivity index (χ2v) is 9.68. The molecule has 1 saturated carbocycles. The van der Waals surface area contributed by atoms with Crippen LogP contribution >= 0.6 is 11.6 Å². The van der Waals surface area contributed by atoms with Crippen LogP contribution in [0.15, 0.2) is 60.7 Å². The molecule has 2 aromatic rings. The van der Waals surface area contributed by atoms with Crippen LogP contribution < -0.4 is 0 Å². The number of nitro groups is 1. The first-order valence-electron chi connectivity index (χ1n) is 11.7. The van der Waals surface area contributed by atoms with E-state index in [0.717, 1.165) is 34.3 Å². The number of non-ortho nitro benzene ring substituents is 1. The number of hydrazine groups is 1. The molecule has 1 aliphatic heterocycles. The maximum Gasteiger partial charge on any atom is 0.273 e. The number of alkyl halides is 1. The fraction of sp³-hybridized carbons (Fsp3) is 0.308. The second-order valence-electron chi connectivity index (χ2n) is 9.31. The third kappa shape index (κ3) is 4.11. The van der Waals surface area contributed by atoms with Gasteiger partial charge in [0.05, 0.1) is 16.8 Å². The molecule has 5 rings (SSSR count). The number of halogens is 2. The topological polar surface area (TPSA) is 118 Å². The highest BCUT2D eigenvalue weighted by Gasteiger charge is 2.62. The van der Waals surface area contributed by atoms with Gasteiger partial charge < -0.3 is 0 Å². The van der Waals surface area contributed by atoms with Gasteiger partial charge in [-0.3, -0.25) is 29.3 Å². The molecule has 2 fully saturated rings. The van der Waals surface area contributed by atoms with Crippen molar-refractivity contribution in [2.45, 2.75) is 18.9 Å². The second kappa shape index (κ2) is 9.51. The van der Waals surface area contributed by atoms with E-state index in [1.54, 1.807) is 0 Å². The average Bonchev–Trinajstić information content (AvgIpc) is 3.58. The Morgan fingerprint density at radius 2 is 1.54 bits per heavy atom. The Balaban J connectivity index is 1.58. The highest BCUT2D eigenvalue weighted by molar-refractivity contribution is 6.18. The Labute approximate surface area is 215 Å². The molecule has 1 saturated heterocycles. The zero-order chi connectivity index (χ0) is 26.4. The van der Waals surface area contributed by atoms with Crippen LogP contribution in [-0.4, -0.2) is 50.4 Å². The number of allylic oxidation sites excluding steroid dienone is 2. The molecule has 3 aliphatic rings. The molecule has 1 heterocycles. The van der Waals surface area contributed by atoms with Crippen LogP contribution in [0.3, 0.4) is 0 Å². The van der Waals surface area contributed by atoms with Crippen LogP contribution in [0.1, 0.15) is 33.6 Å². The van der Waals surface area contributed by atoms with Crippen molar-refractivity contribution in [1.29, 1.82) is 0 Å². The van der Waals surface area contributed by atoms with Gasteiger partial charge in [0.2, 0.25) is 0 Å². The van der Waals surface area contributed by atoms with Gasteiger partial charge in [-0.05, 0) is 61.1 Å². The smallest absolute Gasteiger partial charge is 0.273 e. The number of hydrogen-bond acceptors (Lipinski definition) is 6. The lowest BCUT2D eigenvalue weighted by molar-refractivity contribution is -0.384. The summed E-state index contributed by atoms with van der Waals surface area (Å²) in [6, 6.07) is 7.96. The minimum absolute atomic E-state index is 0.0594. The summed E-state index contributed by atoms with van der Waals surface area (Å²) in [4.78, 5) is 65.1. The molecule has 9 nitrogen and oxygen atoms in total. The van der Waals surface area contributed by atoms with E-state index in [0.29, 0.717) is 6.42 Å². The van der Waals surface area contributed by atoms with Crippen molar-refractivity contribution < 1.29 is 28.5 Å². The molecule has 190 valence electrons. The normalized spacial score (nSPS) is 24.3. The van der Waals surface area contributed by atoms with Crippen molar-refractivity contribution in [3.63, 3.8) is 0 Å². The minimum Gasteiger partial charge on any atom is -0.292 e. The lowest BCUT2D eigenvalue weighted by Crippen LogP contribution is -2.58. The van der Waals surface area contributed by atoms with Gasteiger partial charge in [-0.15, -0.1) is 11.6 Å². The van der Waals surface area contributed by atoms with Crippen LogP contribution in [0.25, 0.3) is 0 Å². The molecule has 0 radical (unpaired) electrons. The first-order valence-corrected chi connectivity index (χ1v) is 12.3. The summed E-state index contributed by atoms with van der Waals surface area (Å²) < 4.78 is 13.5. The van der Waals surface area contributed by atoms with Crippen molar-refractivity contribution in [1.82, 2.24) is 10.0 Å². The van der Waals surface area contributed by atoms with Crippen LogP contribution in [0.2, 0.25) is 0 Å². The molecular formula is C26H21ClFN3O6. The fourth-order valence-corrected chi connectivity index (χ4v) is 5.81. The van der Waals surface area contributed by atoms with Crippen molar-refractivity contribution in [2.24, 2.45) is 23.7 Å². The van der Waals surface area contributed by atoms with Crippen LogP contribution in [-0.2, 0) is 9.59 Å². The number of carbonyl (C=O) groups is 4. The van der Waals surface area contributed by atoms with E-state index in [1.165, 1.54) is 24.3 Å². The van der Waals surface area contributed by atoms with E-state index in [9.17, 15) is 33.7 Å². The average molecular weight is 526 g/mol. The quantitative estimate of drug-likeness (QED) is 0.129. The highest BCUT2D eigenvalue weighted by Crippen LogP contribution is 2.53. The molecule has 0 unspecified atom stereocenters. The molecular weight excluding hydrogens is 505 g/mol. The lowest BCUT2D eigenvalue weighted by atomic mass is 9.85. The van der Waals surface area contributed by atoms with Crippen LogP contribution in [0, 0.1) is 39.6 Å². The number of Topliss-reactive ketones (excluding diaryl/α,β-unsaturated/α-hetero) is 1. The molecule has 2 bridgehead atoms. The SMILES string of the molecule is O=C(c1ccc(F)cc1)[C@H](CCCl)N(C(=O)c1ccc([N+](=O)[O-])cc1)N1C(=O)[C@@H]2[C@H](C1=O)[C@H]1C=C[C@H]2C1. The summed E-state index contributed by atoms with van der Waals surface area (Å²) >= 11 is 6.01.